The summed E-state index contributed by atoms with van der Waals surface area (Å²) in [5, 5.41) is -0.115. The monoisotopic (exact) mass is 443 g/mol. The van der Waals surface area contributed by atoms with Gasteiger partial charge < -0.3 is 4.74 Å². The number of rotatable bonds is 6. The SMILES string of the molecule is COc1ccc(S(=O)(=O)C2CCN(S(=O)(=O)Cc3cccc(Cl)c3)CC2)cc1. The molecule has 0 radical (unpaired) electrons. The molecule has 2 aromatic carbocycles. The molecule has 0 aromatic heterocycles. The van der Waals surface area contributed by atoms with Crippen molar-refractivity contribution in [1.29, 1.82) is 0 Å². The van der Waals surface area contributed by atoms with E-state index in [0.29, 0.717) is 16.3 Å². The second-order valence-electron chi connectivity index (χ2n) is 6.71. The van der Waals surface area contributed by atoms with Crippen molar-refractivity contribution in [3.05, 3.63) is 59.1 Å². The van der Waals surface area contributed by atoms with Gasteiger partial charge in [0.25, 0.3) is 0 Å². The van der Waals surface area contributed by atoms with Crippen LogP contribution in [-0.4, -0.2) is 46.6 Å². The minimum Gasteiger partial charge on any atom is -0.497 e. The molecule has 152 valence electrons. The topological polar surface area (TPSA) is 80.8 Å². The highest BCUT2D eigenvalue weighted by atomic mass is 35.5. The maximum absolute atomic E-state index is 12.8. The zero-order valence-corrected chi connectivity index (χ0v) is 17.8. The van der Waals surface area contributed by atoms with E-state index in [4.69, 9.17) is 16.3 Å². The van der Waals surface area contributed by atoms with Gasteiger partial charge in [0.05, 0.1) is 23.0 Å². The van der Waals surface area contributed by atoms with E-state index in [1.54, 1.807) is 36.4 Å². The summed E-state index contributed by atoms with van der Waals surface area (Å²) in [5.74, 6) is 0.435. The molecule has 0 spiro atoms. The van der Waals surface area contributed by atoms with Crippen LogP contribution >= 0.6 is 11.6 Å². The molecule has 0 aliphatic carbocycles. The number of ether oxygens (including phenoxy) is 1. The van der Waals surface area contributed by atoms with Gasteiger partial charge in [-0.15, -0.1) is 0 Å². The summed E-state index contributed by atoms with van der Waals surface area (Å²) in [7, 11) is -5.53. The van der Waals surface area contributed by atoms with Crippen molar-refractivity contribution in [2.75, 3.05) is 20.2 Å². The maximum Gasteiger partial charge on any atom is 0.218 e. The Labute approximate surface area is 171 Å². The summed E-state index contributed by atoms with van der Waals surface area (Å²) in [6.45, 7) is 0.367. The zero-order chi connectivity index (χ0) is 20.4. The second-order valence-corrected chi connectivity index (χ2v) is 11.3. The van der Waals surface area contributed by atoms with Crippen LogP contribution in [0.1, 0.15) is 18.4 Å². The molecular formula is C19H22ClNO5S2. The van der Waals surface area contributed by atoms with E-state index in [1.807, 2.05) is 0 Å². The van der Waals surface area contributed by atoms with Crippen molar-refractivity contribution < 1.29 is 21.6 Å². The van der Waals surface area contributed by atoms with Crippen LogP contribution in [0.15, 0.2) is 53.4 Å². The van der Waals surface area contributed by atoms with E-state index in [2.05, 4.69) is 0 Å². The molecule has 0 amide bonds. The van der Waals surface area contributed by atoms with Crippen molar-refractivity contribution in [3.8, 4) is 5.75 Å². The third-order valence-corrected chi connectivity index (χ3v) is 9.22. The molecule has 0 unspecified atom stereocenters. The lowest BCUT2D eigenvalue weighted by Crippen LogP contribution is -2.42. The average molecular weight is 444 g/mol. The Hall–Kier alpha value is -1.61. The standard InChI is InChI=1S/C19H22ClNO5S2/c1-26-17-5-7-18(8-6-17)28(24,25)19-9-11-21(12-10-19)27(22,23)14-15-3-2-4-16(20)13-15/h2-8,13,19H,9-12,14H2,1H3. The van der Waals surface area contributed by atoms with Crippen molar-refractivity contribution in [3.63, 3.8) is 0 Å². The van der Waals surface area contributed by atoms with Crippen molar-refractivity contribution >= 4 is 31.5 Å². The molecular weight excluding hydrogens is 422 g/mol. The van der Waals surface area contributed by atoms with E-state index in [0.717, 1.165) is 0 Å². The van der Waals surface area contributed by atoms with Gasteiger partial charge in [-0.1, -0.05) is 23.7 Å². The highest BCUT2D eigenvalue weighted by Gasteiger charge is 2.35. The predicted octanol–water partition coefficient (Wildman–Crippen LogP) is 3.12. The lowest BCUT2D eigenvalue weighted by molar-refractivity contribution is 0.345. The Morgan fingerprint density at radius 3 is 2.25 bits per heavy atom. The number of nitrogens with zero attached hydrogens (tertiary/aromatic N) is 1. The van der Waals surface area contributed by atoms with Gasteiger partial charge in [-0.3, -0.25) is 0 Å². The van der Waals surface area contributed by atoms with E-state index < -0.39 is 25.1 Å². The quantitative estimate of drug-likeness (QED) is 0.685. The van der Waals surface area contributed by atoms with Gasteiger partial charge in [0, 0.05) is 18.1 Å². The molecule has 28 heavy (non-hydrogen) atoms. The lowest BCUT2D eigenvalue weighted by atomic mass is 10.2. The van der Waals surface area contributed by atoms with E-state index in [-0.39, 0.29) is 36.6 Å². The molecule has 6 nitrogen and oxygen atoms in total. The largest absolute Gasteiger partial charge is 0.497 e. The Kier molecular flexibility index (Phi) is 6.34. The van der Waals surface area contributed by atoms with Crippen LogP contribution in [-0.2, 0) is 25.6 Å². The van der Waals surface area contributed by atoms with Crippen molar-refractivity contribution in [2.45, 2.75) is 28.7 Å². The molecule has 2 aromatic rings. The molecule has 1 fully saturated rings. The fourth-order valence-corrected chi connectivity index (χ4v) is 6.80. The Morgan fingerprint density at radius 1 is 1.04 bits per heavy atom. The molecule has 0 saturated carbocycles. The first-order valence-electron chi connectivity index (χ1n) is 8.82. The van der Waals surface area contributed by atoms with Gasteiger partial charge in [0.2, 0.25) is 10.0 Å². The average Bonchev–Trinajstić information content (AvgIpc) is 2.68. The summed E-state index contributed by atoms with van der Waals surface area (Å²) in [5.41, 5.74) is 0.612. The van der Waals surface area contributed by atoms with Gasteiger partial charge in [-0.25, -0.2) is 21.1 Å². The van der Waals surface area contributed by atoms with Gasteiger partial charge in [-0.05, 0) is 54.8 Å². The number of methoxy groups -OCH3 is 1. The van der Waals surface area contributed by atoms with Gasteiger partial charge >= 0.3 is 0 Å². The van der Waals surface area contributed by atoms with E-state index in [1.165, 1.54) is 23.5 Å². The van der Waals surface area contributed by atoms with Crippen LogP contribution in [0.5, 0.6) is 5.75 Å². The molecule has 0 N–H and O–H groups in total. The summed E-state index contributed by atoms with van der Waals surface area (Å²) in [6.07, 6.45) is 0.534. The molecule has 1 saturated heterocycles. The number of sulfonamides is 1. The molecule has 1 heterocycles. The number of sulfone groups is 1. The summed E-state index contributed by atoms with van der Waals surface area (Å²) >= 11 is 5.92. The van der Waals surface area contributed by atoms with Gasteiger partial charge in [0.15, 0.2) is 9.84 Å². The van der Waals surface area contributed by atoms with Crippen LogP contribution in [0.3, 0.4) is 0 Å². The number of piperidine rings is 1. The fourth-order valence-electron chi connectivity index (χ4n) is 3.31. The molecule has 1 aliphatic heterocycles. The van der Waals surface area contributed by atoms with E-state index in [9.17, 15) is 16.8 Å². The number of benzene rings is 2. The van der Waals surface area contributed by atoms with Crippen LogP contribution in [0, 0.1) is 0 Å². The lowest BCUT2D eigenvalue weighted by Gasteiger charge is -2.31. The van der Waals surface area contributed by atoms with Crippen LogP contribution in [0.25, 0.3) is 0 Å². The number of hydrogen-bond donors (Lipinski definition) is 0. The Bertz CT molecular complexity index is 1030. The number of halogens is 1. The normalized spacial score (nSPS) is 16.8. The third kappa shape index (κ3) is 4.68. The predicted molar refractivity (Wildman–Crippen MR) is 109 cm³/mol. The minimum atomic E-state index is -3.53. The molecule has 0 bridgehead atoms. The summed E-state index contributed by atoms with van der Waals surface area (Å²) in [4.78, 5) is 0.230. The highest BCUT2D eigenvalue weighted by molar-refractivity contribution is 7.92. The Balaban J connectivity index is 1.67. The first kappa shape index (κ1) is 21.1. The highest BCUT2D eigenvalue weighted by Crippen LogP contribution is 2.28. The minimum absolute atomic E-state index is 0.149. The first-order chi connectivity index (χ1) is 13.2. The van der Waals surface area contributed by atoms with Crippen LogP contribution in [0.2, 0.25) is 5.02 Å². The molecule has 0 atom stereocenters. The Morgan fingerprint density at radius 2 is 1.68 bits per heavy atom. The smallest absolute Gasteiger partial charge is 0.218 e. The van der Waals surface area contributed by atoms with Crippen molar-refractivity contribution in [1.82, 2.24) is 4.31 Å². The van der Waals surface area contributed by atoms with E-state index >= 15 is 0 Å². The van der Waals surface area contributed by atoms with Gasteiger partial charge in [-0.2, -0.15) is 0 Å². The summed E-state index contributed by atoms with van der Waals surface area (Å²) < 4.78 is 57.5. The number of hydrogen-bond acceptors (Lipinski definition) is 5. The summed E-state index contributed by atoms with van der Waals surface area (Å²) in [6, 6.07) is 13.0. The van der Waals surface area contributed by atoms with Crippen LogP contribution in [0.4, 0.5) is 0 Å². The fraction of sp³-hybridized carbons (Fsp3) is 0.368. The zero-order valence-electron chi connectivity index (χ0n) is 15.4. The third-order valence-electron chi connectivity index (χ3n) is 4.86. The van der Waals surface area contributed by atoms with Crippen LogP contribution < -0.4 is 4.74 Å². The molecule has 3 rings (SSSR count). The molecule has 9 heteroatoms. The first-order valence-corrected chi connectivity index (χ1v) is 12.4. The molecule has 1 aliphatic rings. The second kappa shape index (κ2) is 8.41. The van der Waals surface area contributed by atoms with Gasteiger partial charge in [0.1, 0.15) is 5.75 Å². The van der Waals surface area contributed by atoms with Crippen molar-refractivity contribution in [2.24, 2.45) is 0 Å². The maximum atomic E-state index is 12.8.